The van der Waals surface area contributed by atoms with E-state index in [1.54, 1.807) is 24.8 Å². The predicted molar refractivity (Wildman–Crippen MR) is 230 cm³/mol. The average Bonchev–Trinajstić information content (AvgIpc) is 4.01. The van der Waals surface area contributed by atoms with Crippen LogP contribution >= 0.6 is 0 Å². The zero-order valence-electron chi connectivity index (χ0n) is 36.0. The molecule has 0 bridgehead atoms. The second-order valence-corrected chi connectivity index (χ2v) is 19.3. The van der Waals surface area contributed by atoms with Gasteiger partial charge in [-0.05, 0) is 85.4 Å². The molecule has 3 saturated heterocycles. The quantitative estimate of drug-likeness (QED) is 0.163. The van der Waals surface area contributed by atoms with E-state index in [9.17, 15) is 23.6 Å². The van der Waals surface area contributed by atoms with Crippen LogP contribution in [0.5, 0.6) is 5.75 Å². The molecule has 8 aliphatic rings. The van der Waals surface area contributed by atoms with Gasteiger partial charge in [-0.1, -0.05) is 49.2 Å². The van der Waals surface area contributed by atoms with Gasteiger partial charge in [0.05, 0.1) is 48.3 Å². The average molecular weight is 869 g/mol. The van der Waals surface area contributed by atoms with Crippen LogP contribution in [0, 0.1) is 5.92 Å². The lowest BCUT2D eigenvalue weighted by atomic mass is 9.90. The molecule has 3 atom stereocenters. The number of amides is 2. The van der Waals surface area contributed by atoms with E-state index in [-0.39, 0.29) is 35.8 Å². The number of fused-ring (bicyclic) bond motifs is 4. The Morgan fingerprint density at radius 2 is 1.14 bits per heavy atom. The van der Waals surface area contributed by atoms with E-state index in [4.69, 9.17) is 18.9 Å². The highest BCUT2D eigenvalue weighted by atomic mass is 19.1. The van der Waals surface area contributed by atoms with Crippen LogP contribution in [0.15, 0.2) is 85.5 Å². The number of esters is 2. The maximum Gasteiger partial charge on any atom is 0.341 e. The Bertz CT molecular complexity index is 2480. The molecule has 2 amide bonds. The highest BCUT2D eigenvalue weighted by Crippen LogP contribution is 2.54. The maximum atomic E-state index is 14.9. The number of hydrogen-bond acceptors (Lipinski definition) is 10. The van der Waals surface area contributed by atoms with Gasteiger partial charge < -0.3 is 28.7 Å². The van der Waals surface area contributed by atoms with Crippen LogP contribution in [0.4, 0.5) is 4.39 Å². The number of carbonyl (C=O) groups excluding carboxylic acids is 4. The summed E-state index contributed by atoms with van der Waals surface area (Å²) >= 11 is 0. The summed E-state index contributed by atoms with van der Waals surface area (Å²) in [6, 6.07) is 19.3. The normalized spacial score (nSPS) is 26.5. The molecule has 6 fully saturated rings. The molecule has 2 spiro atoms. The number of carbonyl (C=O) groups is 4. The Kier molecular flexibility index (Phi) is 10.1. The highest BCUT2D eigenvalue weighted by Gasteiger charge is 2.59. The number of pyridine rings is 2. The van der Waals surface area contributed by atoms with Crippen molar-refractivity contribution in [3.05, 3.63) is 124 Å². The van der Waals surface area contributed by atoms with E-state index in [1.165, 1.54) is 0 Å². The first kappa shape index (κ1) is 41.0. The molecule has 7 heterocycles. The van der Waals surface area contributed by atoms with Crippen LogP contribution in [-0.2, 0) is 45.8 Å². The fraction of sp³-hybridized carbons (Fsp3) is 0.490. The second kappa shape index (κ2) is 15.8. The monoisotopic (exact) mass is 868 g/mol. The van der Waals surface area contributed by atoms with Crippen molar-refractivity contribution in [3.8, 4) is 5.75 Å². The molecule has 4 aromatic rings. The van der Waals surface area contributed by atoms with Crippen LogP contribution in [-0.4, -0.2) is 89.0 Å². The molecule has 0 N–H and O–H groups in total. The third-order valence-corrected chi connectivity index (χ3v) is 15.5. The van der Waals surface area contributed by atoms with Gasteiger partial charge in [0.25, 0.3) is 0 Å². The van der Waals surface area contributed by atoms with Crippen molar-refractivity contribution in [2.75, 3.05) is 39.4 Å². The largest absolute Gasteiger partial charge is 0.490 e. The van der Waals surface area contributed by atoms with Gasteiger partial charge in [0.15, 0.2) is 11.2 Å². The van der Waals surface area contributed by atoms with Crippen molar-refractivity contribution < 1.29 is 42.5 Å². The molecule has 13 heteroatoms. The third kappa shape index (κ3) is 6.96. The minimum Gasteiger partial charge on any atom is -0.490 e. The van der Waals surface area contributed by atoms with Crippen LogP contribution in [0.2, 0.25) is 0 Å². The van der Waals surface area contributed by atoms with Crippen molar-refractivity contribution in [1.82, 2.24) is 19.8 Å². The van der Waals surface area contributed by atoms with Crippen LogP contribution in [0.3, 0.4) is 0 Å². The summed E-state index contributed by atoms with van der Waals surface area (Å²) in [7, 11) is 0. The predicted octanol–water partition coefficient (Wildman–Crippen LogP) is 7.58. The van der Waals surface area contributed by atoms with Crippen LogP contribution in [0.25, 0.3) is 0 Å². The molecule has 12 nitrogen and oxygen atoms in total. The zero-order valence-corrected chi connectivity index (χ0v) is 36.0. The second-order valence-electron chi connectivity index (χ2n) is 19.3. The van der Waals surface area contributed by atoms with Crippen LogP contribution in [0.1, 0.15) is 132 Å². The Hall–Kier alpha value is -5.69. The van der Waals surface area contributed by atoms with Crippen molar-refractivity contribution in [3.63, 3.8) is 0 Å². The Morgan fingerprint density at radius 3 is 1.62 bits per heavy atom. The van der Waals surface area contributed by atoms with E-state index in [2.05, 4.69) is 9.97 Å². The summed E-state index contributed by atoms with van der Waals surface area (Å²) in [5, 5.41) is 0. The summed E-state index contributed by atoms with van der Waals surface area (Å²) in [6.45, 7) is 3.41. The number of hydrogen-bond donors (Lipinski definition) is 0. The fourth-order valence-electron chi connectivity index (χ4n) is 11.5. The number of benzene rings is 2. The van der Waals surface area contributed by atoms with E-state index in [0.29, 0.717) is 50.1 Å². The summed E-state index contributed by atoms with van der Waals surface area (Å²) in [6.07, 6.45) is 16.2. The molecule has 0 radical (unpaired) electrons. The number of rotatable bonds is 8. The Morgan fingerprint density at radius 1 is 0.656 bits per heavy atom. The number of nitrogens with zero attached hydrogens (tertiary/aromatic N) is 4. The van der Waals surface area contributed by atoms with Gasteiger partial charge >= 0.3 is 11.9 Å². The van der Waals surface area contributed by atoms with Crippen LogP contribution < -0.4 is 4.74 Å². The molecule has 3 saturated carbocycles. The fourth-order valence-corrected chi connectivity index (χ4v) is 11.5. The number of likely N-dealkylation sites (tertiary alicyclic amines) is 2. The first-order valence-corrected chi connectivity index (χ1v) is 23.2. The van der Waals surface area contributed by atoms with E-state index in [1.807, 2.05) is 70.5 Å². The Balaban J connectivity index is 0.000000143. The molecule has 5 aliphatic heterocycles. The number of halogens is 1. The van der Waals surface area contributed by atoms with Crippen molar-refractivity contribution in [1.29, 1.82) is 0 Å². The minimum atomic E-state index is -0.914. The molecule has 2 aromatic heterocycles. The molecule has 3 aliphatic carbocycles. The van der Waals surface area contributed by atoms with Gasteiger partial charge in [-0.2, -0.15) is 0 Å². The van der Waals surface area contributed by atoms with Crippen molar-refractivity contribution >= 4 is 23.8 Å². The Labute approximate surface area is 371 Å². The number of ether oxygens (including phenoxy) is 4. The molecular weight excluding hydrogens is 816 g/mol. The highest BCUT2D eigenvalue weighted by molar-refractivity contribution is 5.96. The summed E-state index contributed by atoms with van der Waals surface area (Å²) < 4.78 is 37.9. The lowest BCUT2D eigenvalue weighted by Gasteiger charge is -2.27. The van der Waals surface area contributed by atoms with Gasteiger partial charge in [0, 0.05) is 74.7 Å². The first-order valence-electron chi connectivity index (χ1n) is 23.2. The van der Waals surface area contributed by atoms with Gasteiger partial charge in [-0.3, -0.25) is 19.6 Å². The molecular formula is C51H53FN4O8. The van der Waals surface area contributed by atoms with E-state index in [0.717, 1.165) is 111 Å². The smallest absolute Gasteiger partial charge is 0.341 e. The standard InChI is InChI=1S/C26H27FN2O3.C25H26N2O5/c27-22(17-3-1-2-4-17)18-5-7-19(8-6-18)25(10-11-25)24(31)29-14-12-26(16-29)21-9-13-28-15-20(21)23(30)32-26;28-22-20-15-26-11-5-21(20)25(32-22)10-12-27(16-25)23(29)24(8-9-24)17-1-3-18(4-2-17)31-19-6-13-30-14-7-19/h5-9,13,15,17,22H,1-4,10-12,14,16H2;1-5,11,15,19H,6-10,12-14,16H2. The third-order valence-electron chi connectivity index (χ3n) is 15.5. The van der Waals surface area contributed by atoms with Gasteiger partial charge in [0.1, 0.15) is 18.0 Å². The van der Waals surface area contributed by atoms with Crippen molar-refractivity contribution in [2.24, 2.45) is 5.92 Å². The number of alkyl halides is 1. The molecule has 332 valence electrons. The van der Waals surface area contributed by atoms with E-state index >= 15 is 0 Å². The summed E-state index contributed by atoms with van der Waals surface area (Å²) in [5.41, 5.74) is 2.97. The molecule has 12 rings (SSSR count). The van der Waals surface area contributed by atoms with Gasteiger partial charge in [-0.25, -0.2) is 14.0 Å². The molecule has 2 aromatic carbocycles. The molecule has 64 heavy (non-hydrogen) atoms. The lowest BCUT2D eigenvalue weighted by Crippen LogP contribution is -2.40. The first-order chi connectivity index (χ1) is 31.1. The van der Waals surface area contributed by atoms with Gasteiger partial charge in [-0.15, -0.1) is 0 Å². The zero-order chi connectivity index (χ0) is 43.7. The topological polar surface area (TPSA) is 137 Å². The SMILES string of the molecule is O=C1OC2(CCN(C(=O)C3(c4ccc(C(F)C5CCCC5)cc4)CC3)C2)c2ccncc21.O=C1OC2(CCN(C(=O)C3(c4ccc(OC5CCOCC5)cc4)CC3)C2)c2ccncc21. The summed E-state index contributed by atoms with van der Waals surface area (Å²) in [4.78, 5) is 63.6. The lowest BCUT2D eigenvalue weighted by molar-refractivity contribution is -0.134. The van der Waals surface area contributed by atoms with Crippen molar-refractivity contribution in [2.45, 2.75) is 111 Å². The maximum absolute atomic E-state index is 14.9. The summed E-state index contributed by atoms with van der Waals surface area (Å²) in [5.74, 6) is 0.488. The molecule has 3 unspecified atom stereocenters. The minimum absolute atomic E-state index is 0.0910. The van der Waals surface area contributed by atoms with Gasteiger partial charge in [0.2, 0.25) is 11.8 Å². The van der Waals surface area contributed by atoms with E-state index < -0.39 is 28.2 Å². The number of aromatic nitrogens is 2.